The van der Waals surface area contributed by atoms with Crippen molar-refractivity contribution in [3.63, 3.8) is 0 Å². The number of amides is 3. The zero-order valence-electron chi connectivity index (χ0n) is 17.7. The van der Waals surface area contributed by atoms with Crippen molar-refractivity contribution in [2.45, 2.75) is 50.2 Å². The molecule has 12 nitrogen and oxygen atoms in total. The van der Waals surface area contributed by atoms with Crippen LogP contribution >= 0.6 is 11.8 Å². The minimum absolute atomic E-state index is 0.0942. The summed E-state index contributed by atoms with van der Waals surface area (Å²) in [5.74, 6) is -1.93. The summed E-state index contributed by atoms with van der Waals surface area (Å²) in [5, 5.41) is 14.1. The van der Waals surface area contributed by atoms with E-state index in [9.17, 15) is 24.3 Å². The van der Waals surface area contributed by atoms with Crippen molar-refractivity contribution in [1.29, 1.82) is 0 Å². The Morgan fingerprint density at radius 3 is 2.58 bits per heavy atom. The Bertz CT molecular complexity index is 672. The van der Waals surface area contributed by atoms with Gasteiger partial charge in [0.1, 0.15) is 12.1 Å². The number of carbonyl (C=O) groups is 4. The summed E-state index contributed by atoms with van der Waals surface area (Å²) in [6.07, 6.45) is 4.08. The van der Waals surface area contributed by atoms with Gasteiger partial charge >= 0.3 is 5.97 Å². The van der Waals surface area contributed by atoms with Crippen LogP contribution in [-0.4, -0.2) is 89.4 Å². The van der Waals surface area contributed by atoms with Gasteiger partial charge in [-0.1, -0.05) is 0 Å². The lowest BCUT2D eigenvalue weighted by Gasteiger charge is -2.26. The molecule has 3 atom stereocenters. The highest BCUT2D eigenvalue weighted by molar-refractivity contribution is 7.98. The number of carbonyl (C=O) groups excluding carboxylic acids is 3. The molecule has 0 saturated carbocycles. The van der Waals surface area contributed by atoms with Crippen LogP contribution in [0.25, 0.3) is 0 Å². The number of hydrogen-bond donors (Lipinski definition) is 6. The first-order chi connectivity index (χ1) is 14.7. The summed E-state index contributed by atoms with van der Waals surface area (Å²) in [6, 6.07) is -2.48. The monoisotopic (exact) mass is 459 g/mol. The summed E-state index contributed by atoms with van der Waals surface area (Å²) < 4.78 is 0. The molecule has 0 bridgehead atoms. The fourth-order valence-electron chi connectivity index (χ4n) is 3.18. The van der Waals surface area contributed by atoms with Crippen LogP contribution in [0.2, 0.25) is 0 Å². The SMILES string of the molecule is CSCCC(N)C(=O)N1CCCC1C(=O)NCC(=O)NC(CCCN=C(N)N)C(=O)O. The Morgan fingerprint density at radius 1 is 1.26 bits per heavy atom. The van der Waals surface area contributed by atoms with Gasteiger partial charge in [0.05, 0.1) is 12.6 Å². The van der Waals surface area contributed by atoms with Crippen LogP contribution in [0.1, 0.15) is 32.1 Å². The van der Waals surface area contributed by atoms with E-state index in [-0.39, 0.29) is 24.8 Å². The lowest BCUT2D eigenvalue weighted by molar-refractivity contribution is -0.142. The third kappa shape index (κ3) is 9.42. The van der Waals surface area contributed by atoms with Crippen LogP contribution in [0.15, 0.2) is 4.99 Å². The quantitative estimate of drug-likeness (QED) is 0.100. The van der Waals surface area contributed by atoms with Crippen molar-refractivity contribution in [2.75, 3.05) is 31.6 Å². The van der Waals surface area contributed by atoms with Gasteiger partial charge < -0.3 is 37.8 Å². The summed E-state index contributed by atoms with van der Waals surface area (Å²) in [7, 11) is 0. The number of guanidine groups is 1. The molecule has 0 aromatic rings. The van der Waals surface area contributed by atoms with E-state index in [2.05, 4.69) is 15.6 Å². The van der Waals surface area contributed by atoms with Gasteiger partial charge in [-0.3, -0.25) is 19.4 Å². The smallest absolute Gasteiger partial charge is 0.326 e. The summed E-state index contributed by atoms with van der Waals surface area (Å²) in [5.41, 5.74) is 16.3. The van der Waals surface area contributed by atoms with Crippen molar-refractivity contribution in [2.24, 2.45) is 22.2 Å². The summed E-state index contributed by atoms with van der Waals surface area (Å²) >= 11 is 1.59. The molecule has 3 amide bonds. The first-order valence-corrected chi connectivity index (χ1v) is 11.5. The number of aliphatic carboxylic acids is 1. The fourth-order valence-corrected chi connectivity index (χ4v) is 3.67. The molecule has 0 aromatic carbocycles. The highest BCUT2D eigenvalue weighted by Crippen LogP contribution is 2.19. The molecule has 1 heterocycles. The molecule has 0 spiro atoms. The van der Waals surface area contributed by atoms with E-state index < -0.39 is 42.5 Å². The van der Waals surface area contributed by atoms with Crippen molar-refractivity contribution in [1.82, 2.24) is 15.5 Å². The van der Waals surface area contributed by atoms with Gasteiger partial charge in [-0.2, -0.15) is 11.8 Å². The first-order valence-electron chi connectivity index (χ1n) is 10.1. The Balaban J connectivity index is 2.51. The van der Waals surface area contributed by atoms with E-state index in [1.54, 1.807) is 11.8 Å². The van der Waals surface area contributed by atoms with Gasteiger partial charge in [0.15, 0.2) is 5.96 Å². The molecule has 9 N–H and O–H groups in total. The van der Waals surface area contributed by atoms with Crippen LogP contribution in [0.3, 0.4) is 0 Å². The molecular weight excluding hydrogens is 426 g/mol. The van der Waals surface area contributed by atoms with Crippen LogP contribution in [0.4, 0.5) is 0 Å². The molecule has 1 aliphatic heterocycles. The second-order valence-corrected chi connectivity index (χ2v) is 8.19. The molecule has 0 aliphatic carbocycles. The molecule has 3 unspecified atom stereocenters. The standard InChI is InChI=1S/C18H33N7O5S/c1-31-9-6-11(19)16(28)25-8-3-5-13(25)15(27)23-10-14(26)24-12(17(29)30)4-2-7-22-18(20)21/h11-13H,2-10,19H2,1H3,(H,23,27)(H,24,26)(H,29,30)(H4,20,21,22). The highest BCUT2D eigenvalue weighted by atomic mass is 32.2. The molecular formula is C18H33N7O5S. The number of thioether (sulfide) groups is 1. The topological polar surface area (TPSA) is 206 Å². The molecule has 1 aliphatic rings. The molecule has 13 heteroatoms. The van der Waals surface area contributed by atoms with E-state index in [1.165, 1.54) is 4.90 Å². The summed E-state index contributed by atoms with van der Waals surface area (Å²) in [6.45, 7) is 0.282. The average Bonchev–Trinajstić information content (AvgIpc) is 3.21. The molecule has 176 valence electrons. The molecule has 1 rings (SSSR count). The number of nitrogens with zero attached hydrogens (tertiary/aromatic N) is 2. The van der Waals surface area contributed by atoms with Crippen molar-refractivity contribution in [3.05, 3.63) is 0 Å². The number of rotatable bonds is 13. The Labute approximate surface area is 185 Å². The average molecular weight is 460 g/mol. The third-order valence-electron chi connectivity index (χ3n) is 4.79. The molecule has 1 fully saturated rings. The lowest BCUT2D eigenvalue weighted by atomic mass is 10.1. The Kier molecular flexibility index (Phi) is 11.7. The van der Waals surface area contributed by atoms with Gasteiger partial charge in [0.25, 0.3) is 0 Å². The van der Waals surface area contributed by atoms with E-state index >= 15 is 0 Å². The number of carboxylic acid groups (broad SMARTS) is 1. The second-order valence-electron chi connectivity index (χ2n) is 7.20. The molecule has 0 radical (unpaired) electrons. The molecule has 31 heavy (non-hydrogen) atoms. The van der Waals surface area contributed by atoms with Crippen molar-refractivity contribution < 1.29 is 24.3 Å². The van der Waals surface area contributed by atoms with Crippen molar-refractivity contribution >= 4 is 41.4 Å². The predicted molar refractivity (Wildman–Crippen MR) is 118 cm³/mol. The number of aliphatic imine (C=N–C) groups is 1. The molecule has 1 saturated heterocycles. The largest absolute Gasteiger partial charge is 0.480 e. The van der Waals surface area contributed by atoms with E-state index in [0.29, 0.717) is 32.2 Å². The zero-order valence-corrected chi connectivity index (χ0v) is 18.5. The van der Waals surface area contributed by atoms with Gasteiger partial charge in [-0.25, -0.2) is 4.79 Å². The maximum Gasteiger partial charge on any atom is 0.326 e. The van der Waals surface area contributed by atoms with Gasteiger partial charge in [-0.15, -0.1) is 0 Å². The van der Waals surface area contributed by atoms with Crippen molar-refractivity contribution in [3.8, 4) is 0 Å². The van der Waals surface area contributed by atoms with Gasteiger partial charge in [0, 0.05) is 13.1 Å². The number of nitrogens with two attached hydrogens (primary N) is 3. The van der Waals surface area contributed by atoms with E-state index in [0.717, 1.165) is 5.75 Å². The van der Waals surface area contributed by atoms with E-state index in [1.807, 2.05) is 6.26 Å². The molecule has 0 aromatic heterocycles. The van der Waals surface area contributed by atoms with Crippen LogP contribution < -0.4 is 27.8 Å². The van der Waals surface area contributed by atoms with Gasteiger partial charge in [0.2, 0.25) is 17.7 Å². The predicted octanol–water partition coefficient (Wildman–Crippen LogP) is -2.20. The minimum Gasteiger partial charge on any atom is -0.480 e. The number of hydrogen-bond acceptors (Lipinski definition) is 7. The normalized spacial score (nSPS) is 17.5. The second kappa shape index (κ2) is 13.7. The lowest BCUT2D eigenvalue weighted by Crippen LogP contribution is -2.53. The first kappa shape index (κ1) is 26.5. The van der Waals surface area contributed by atoms with E-state index in [4.69, 9.17) is 17.2 Å². The summed E-state index contributed by atoms with van der Waals surface area (Å²) in [4.78, 5) is 53.7. The minimum atomic E-state index is -1.20. The van der Waals surface area contributed by atoms with Crippen LogP contribution in [0.5, 0.6) is 0 Å². The van der Waals surface area contributed by atoms with Gasteiger partial charge in [-0.05, 0) is 44.1 Å². The van der Waals surface area contributed by atoms with Crippen LogP contribution in [-0.2, 0) is 19.2 Å². The number of carboxylic acids is 1. The Morgan fingerprint density at radius 2 is 1.97 bits per heavy atom. The highest BCUT2D eigenvalue weighted by Gasteiger charge is 2.36. The van der Waals surface area contributed by atoms with Crippen LogP contribution in [0, 0.1) is 0 Å². The zero-order chi connectivity index (χ0) is 23.4. The Hall–Kier alpha value is -2.54. The number of likely N-dealkylation sites (tertiary alicyclic amines) is 1. The number of nitrogens with one attached hydrogen (secondary N) is 2. The third-order valence-corrected chi connectivity index (χ3v) is 5.43. The fraction of sp³-hybridized carbons (Fsp3) is 0.722. The maximum atomic E-state index is 12.5. The maximum absolute atomic E-state index is 12.5.